The van der Waals surface area contributed by atoms with E-state index in [9.17, 15) is 0 Å². The highest BCUT2D eigenvalue weighted by atomic mass is 32.1. The van der Waals surface area contributed by atoms with Crippen molar-refractivity contribution in [3.63, 3.8) is 0 Å². The number of hydrogen-bond donors (Lipinski definition) is 1. The Kier molecular flexibility index (Phi) is 6.70. The van der Waals surface area contributed by atoms with Crippen molar-refractivity contribution < 1.29 is 4.74 Å². The average molecular weight is 256 g/mol. The number of nitrogens with zero attached hydrogens (tertiary/aromatic N) is 1. The maximum atomic E-state index is 5.21. The maximum absolute atomic E-state index is 5.21. The van der Waals surface area contributed by atoms with E-state index in [0.29, 0.717) is 12.5 Å². The average Bonchev–Trinajstić information content (AvgIpc) is 2.69. The topological polar surface area (TPSA) is 34.2 Å². The molecule has 1 N–H and O–H groups in total. The zero-order valence-electron chi connectivity index (χ0n) is 11.4. The van der Waals surface area contributed by atoms with Crippen molar-refractivity contribution >= 4 is 11.3 Å². The quantitative estimate of drug-likeness (QED) is 0.725. The van der Waals surface area contributed by atoms with Gasteiger partial charge in [0.2, 0.25) is 0 Å². The fourth-order valence-corrected chi connectivity index (χ4v) is 2.58. The summed E-state index contributed by atoms with van der Waals surface area (Å²) in [4.78, 5) is 5.98. The summed E-state index contributed by atoms with van der Waals surface area (Å²) in [6, 6.07) is 0. The molecular weight excluding hydrogens is 232 g/mol. The number of rotatable bonds is 8. The molecule has 0 fully saturated rings. The van der Waals surface area contributed by atoms with Gasteiger partial charge in [-0.05, 0) is 13.0 Å². The summed E-state index contributed by atoms with van der Waals surface area (Å²) in [5.41, 5.74) is 1.10. The molecule has 17 heavy (non-hydrogen) atoms. The van der Waals surface area contributed by atoms with E-state index < -0.39 is 0 Å². The molecule has 3 nitrogen and oxygen atoms in total. The van der Waals surface area contributed by atoms with Crippen molar-refractivity contribution in [2.24, 2.45) is 0 Å². The maximum Gasteiger partial charge on any atom is 0.0958 e. The molecule has 0 aromatic carbocycles. The number of ether oxygens (including phenoxy) is 1. The molecule has 98 valence electrons. The first kappa shape index (κ1) is 14.6. The molecule has 0 atom stereocenters. The Morgan fingerprint density at radius 3 is 2.76 bits per heavy atom. The summed E-state index contributed by atoms with van der Waals surface area (Å²) in [6.45, 7) is 9.20. The van der Waals surface area contributed by atoms with Crippen molar-refractivity contribution in [3.05, 3.63) is 15.6 Å². The highest BCUT2D eigenvalue weighted by molar-refractivity contribution is 7.11. The summed E-state index contributed by atoms with van der Waals surface area (Å²) in [7, 11) is 1.72. The predicted octanol–water partition coefficient (Wildman–Crippen LogP) is 3.30. The molecule has 0 saturated heterocycles. The molecule has 1 aromatic heterocycles. The molecule has 1 heterocycles. The van der Waals surface area contributed by atoms with Gasteiger partial charge in [-0.1, -0.05) is 27.2 Å². The first-order valence-electron chi connectivity index (χ1n) is 6.37. The Labute approximate surface area is 109 Å². The third-order valence-electron chi connectivity index (χ3n) is 2.56. The van der Waals surface area contributed by atoms with Gasteiger partial charge in [-0.15, -0.1) is 11.3 Å². The van der Waals surface area contributed by atoms with Gasteiger partial charge in [-0.3, -0.25) is 0 Å². The van der Waals surface area contributed by atoms with Crippen LogP contribution in [0.2, 0.25) is 0 Å². The molecule has 0 spiro atoms. The summed E-state index contributed by atoms with van der Waals surface area (Å²) >= 11 is 1.81. The minimum absolute atomic E-state index is 0.500. The summed E-state index contributed by atoms with van der Waals surface area (Å²) in [5.74, 6) is 0.500. The highest BCUT2D eigenvalue weighted by Gasteiger charge is 2.12. The van der Waals surface area contributed by atoms with E-state index in [1.165, 1.54) is 22.7 Å². The van der Waals surface area contributed by atoms with Gasteiger partial charge < -0.3 is 10.1 Å². The molecule has 0 bridgehead atoms. The smallest absolute Gasteiger partial charge is 0.0958 e. The Morgan fingerprint density at radius 2 is 2.18 bits per heavy atom. The van der Waals surface area contributed by atoms with Gasteiger partial charge in [-0.2, -0.15) is 0 Å². The standard InChI is InChI=1S/C13H24N2OS/c1-5-6-7-14-8-12-11(9-16-4)15-13(17-12)10(2)3/h10,14H,5-9H2,1-4H3. The molecule has 1 aromatic rings. The van der Waals surface area contributed by atoms with Crippen LogP contribution in [0.4, 0.5) is 0 Å². The van der Waals surface area contributed by atoms with E-state index in [4.69, 9.17) is 4.74 Å². The van der Waals surface area contributed by atoms with Gasteiger partial charge in [0.25, 0.3) is 0 Å². The van der Waals surface area contributed by atoms with Crippen LogP contribution >= 0.6 is 11.3 Å². The molecule has 0 unspecified atom stereocenters. The molecule has 1 rings (SSSR count). The van der Waals surface area contributed by atoms with Crippen LogP contribution in [0.3, 0.4) is 0 Å². The van der Waals surface area contributed by atoms with E-state index in [1.807, 2.05) is 11.3 Å². The lowest BCUT2D eigenvalue weighted by Crippen LogP contribution is -2.14. The molecule has 4 heteroatoms. The number of unbranched alkanes of at least 4 members (excludes halogenated alkanes) is 1. The Hall–Kier alpha value is -0.450. The van der Waals surface area contributed by atoms with E-state index >= 15 is 0 Å². The number of nitrogens with one attached hydrogen (secondary N) is 1. The van der Waals surface area contributed by atoms with Gasteiger partial charge in [-0.25, -0.2) is 4.98 Å². The zero-order chi connectivity index (χ0) is 12.7. The first-order chi connectivity index (χ1) is 8.19. The largest absolute Gasteiger partial charge is 0.378 e. The van der Waals surface area contributed by atoms with Gasteiger partial charge in [0.05, 0.1) is 17.3 Å². The molecule has 0 saturated carbocycles. The lowest BCUT2D eigenvalue weighted by Gasteiger charge is -2.03. The van der Waals surface area contributed by atoms with E-state index in [1.54, 1.807) is 7.11 Å². The number of aromatic nitrogens is 1. The fraction of sp³-hybridized carbons (Fsp3) is 0.769. The molecule has 0 amide bonds. The van der Waals surface area contributed by atoms with Gasteiger partial charge >= 0.3 is 0 Å². The molecule has 0 radical (unpaired) electrons. The van der Waals surface area contributed by atoms with Crippen molar-refractivity contribution in [2.75, 3.05) is 13.7 Å². The Balaban J connectivity index is 2.60. The molecule has 0 aliphatic heterocycles. The fourth-order valence-electron chi connectivity index (χ4n) is 1.54. The highest BCUT2D eigenvalue weighted by Crippen LogP contribution is 2.25. The van der Waals surface area contributed by atoms with E-state index in [2.05, 4.69) is 31.1 Å². The zero-order valence-corrected chi connectivity index (χ0v) is 12.2. The second-order valence-electron chi connectivity index (χ2n) is 4.54. The number of hydrogen-bond acceptors (Lipinski definition) is 4. The summed E-state index contributed by atoms with van der Waals surface area (Å²) in [6.07, 6.45) is 2.47. The molecular formula is C13H24N2OS. The van der Waals surface area contributed by atoms with Crippen LogP contribution in [0, 0.1) is 0 Å². The molecule has 0 aliphatic rings. The summed E-state index contributed by atoms with van der Waals surface area (Å²) < 4.78 is 5.21. The number of thiazole rings is 1. The molecule has 0 aliphatic carbocycles. The van der Waals surface area contributed by atoms with Crippen molar-refractivity contribution in [3.8, 4) is 0 Å². The minimum Gasteiger partial charge on any atom is -0.378 e. The minimum atomic E-state index is 0.500. The van der Waals surface area contributed by atoms with Gasteiger partial charge in [0.1, 0.15) is 0 Å². The summed E-state index contributed by atoms with van der Waals surface area (Å²) in [5, 5.41) is 4.68. The van der Waals surface area contributed by atoms with Crippen molar-refractivity contribution in [2.45, 2.75) is 52.7 Å². The Bertz CT molecular complexity index is 323. The van der Waals surface area contributed by atoms with Crippen LogP contribution in [-0.4, -0.2) is 18.6 Å². The van der Waals surface area contributed by atoms with Crippen LogP contribution in [0.15, 0.2) is 0 Å². The van der Waals surface area contributed by atoms with E-state index in [-0.39, 0.29) is 0 Å². The first-order valence-corrected chi connectivity index (χ1v) is 7.18. The lowest BCUT2D eigenvalue weighted by molar-refractivity contribution is 0.181. The van der Waals surface area contributed by atoms with Crippen LogP contribution < -0.4 is 5.32 Å². The van der Waals surface area contributed by atoms with Gasteiger partial charge in [0, 0.05) is 24.4 Å². The van der Waals surface area contributed by atoms with Crippen LogP contribution in [0.25, 0.3) is 0 Å². The second kappa shape index (κ2) is 7.80. The third-order valence-corrected chi connectivity index (χ3v) is 3.96. The van der Waals surface area contributed by atoms with Crippen LogP contribution in [0.5, 0.6) is 0 Å². The normalized spacial score (nSPS) is 11.4. The lowest BCUT2D eigenvalue weighted by atomic mass is 10.2. The van der Waals surface area contributed by atoms with Crippen LogP contribution in [0.1, 0.15) is 55.1 Å². The van der Waals surface area contributed by atoms with E-state index in [0.717, 1.165) is 18.8 Å². The van der Waals surface area contributed by atoms with Gasteiger partial charge in [0.15, 0.2) is 0 Å². The van der Waals surface area contributed by atoms with Crippen molar-refractivity contribution in [1.82, 2.24) is 10.3 Å². The monoisotopic (exact) mass is 256 g/mol. The number of methoxy groups -OCH3 is 1. The van der Waals surface area contributed by atoms with Crippen molar-refractivity contribution in [1.29, 1.82) is 0 Å². The Morgan fingerprint density at radius 1 is 1.41 bits per heavy atom. The third kappa shape index (κ3) is 4.74. The second-order valence-corrected chi connectivity index (χ2v) is 5.66. The SMILES string of the molecule is CCCCNCc1sc(C(C)C)nc1COC. The van der Waals surface area contributed by atoms with Crippen LogP contribution in [-0.2, 0) is 17.9 Å². The predicted molar refractivity (Wildman–Crippen MR) is 73.5 cm³/mol.